The molecular weight excluding hydrogens is 265 g/mol. The molecule has 0 saturated carbocycles. The molecule has 0 aliphatic rings. The molecule has 0 aliphatic heterocycles. The molecule has 102 valence electrons. The Balaban J connectivity index is 2.82. The van der Waals surface area contributed by atoms with Gasteiger partial charge in [0, 0.05) is 42.1 Å². The van der Waals surface area contributed by atoms with Crippen molar-refractivity contribution in [2.24, 2.45) is 0 Å². The monoisotopic (exact) mass is 280 g/mol. The molecule has 0 unspecified atom stereocenters. The van der Waals surface area contributed by atoms with E-state index in [9.17, 15) is 17.4 Å². The van der Waals surface area contributed by atoms with Crippen LogP contribution in [0.25, 0.3) is 0 Å². The number of pyridine rings is 1. The van der Waals surface area contributed by atoms with E-state index in [1.807, 2.05) is 6.92 Å². The molecule has 1 aromatic heterocycles. The van der Waals surface area contributed by atoms with Crippen molar-refractivity contribution in [1.29, 1.82) is 0 Å². The summed E-state index contributed by atoms with van der Waals surface area (Å²) in [5.41, 5.74) is -0.772. The van der Waals surface area contributed by atoms with Crippen LogP contribution in [-0.2, 0) is 17.0 Å². The highest BCUT2D eigenvalue weighted by atomic mass is 32.2. The van der Waals surface area contributed by atoms with E-state index in [1.54, 1.807) is 18.2 Å². The molecule has 1 aromatic rings. The average Bonchev–Trinajstić information content (AvgIpc) is 2.26. The van der Waals surface area contributed by atoms with Crippen molar-refractivity contribution >= 4 is 16.6 Å². The summed E-state index contributed by atoms with van der Waals surface area (Å²) in [5.74, 6) is 0.875. The third-order valence-electron chi connectivity index (χ3n) is 2.57. The summed E-state index contributed by atoms with van der Waals surface area (Å²) in [6, 6.07) is 2.26. The smallest absolute Gasteiger partial charge is 0.356 e. The standard InChI is InChI=1S/C11H15F3N2OS/c1-8(7-18(3)17)16(2)10-5-4-9(6-15-10)11(12,13)14/h4-6,8H,7H2,1-3H3/t8-,18+/m0/s1. The Morgan fingerprint density at radius 1 is 1.44 bits per heavy atom. The first-order chi connectivity index (χ1) is 8.21. The predicted molar refractivity (Wildman–Crippen MR) is 66.0 cm³/mol. The first-order valence-corrected chi connectivity index (χ1v) is 7.00. The normalized spacial score (nSPS) is 15.2. The zero-order valence-electron chi connectivity index (χ0n) is 10.4. The van der Waals surface area contributed by atoms with Gasteiger partial charge in [0.15, 0.2) is 0 Å². The van der Waals surface area contributed by atoms with Gasteiger partial charge in [0.25, 0.3) is 0 Å². The Hall–Kier alpha value is -1.11. The van der Waals surface area contributed by atoms with E-state index in [1.165, 1.54) is 6.07 Å². The minimum absolute atomic E-state index is 0.0555. The molecule has 0 N–H and O–H groups in total. The summed E-state index contributed by atoms with van der Waals surface area (Å²) >= 11 is 0. The van der Waals surface area contributed by atoms with Crippen molar-refractivity contribution < 1.29 is 17.4 Å². The molecule has 18 heavy (non-hydrogen) atoms. The number of rotatable bonds is 4. The number of halogens is 3. The Morgan fingerprint density at radius 3 is 2.44 bits per heavy atom. The van der Waals surface area contributed by atoms with Gasteiger partial charge < -0.3 is 4.90 Å². The van der Waals surface area contributed by atoms with Gasteiger partial charge in [-0.05, 0) is 19.1 Å². The highest BCUT2D eigenvalue weighted by Gasteiger charge is 2.30. The van der Waals surface area contributed by atoms with Crippen LogP contribution in [0.3, 0.4) is 0 Å². The molecule has 0 fully saturated rings. The number of aromatic nitrogens is 1. The second-order valence-corrected chi connectivity index (χ2v) is 5.58. The molecule has 0 radical (unpaired) electrons. The largest absolute Gasteiger partial charge is 0.417 e. The third kappa shape index (κ3) is 3.97. The second-order valence-electron chi connectivity index (χ2n) is 4.10. The van der Waals surface area contributed by atoms with E-state index in [0.29, 0.717) is 11.6 Å². The van der Waals surface area contributed by atoms with Crippen molar-refractivity contribution in [3.63, 3.8) is 0 Å². The molecule has 7 heteroatoms. The van der Waals surface area contributed by atoms with E-state index in [2.05, 4.69) is 4.98 Å². The first kappa shape index (κ1) is 14.9. The molecule has 3 nitrogen and oxygen atoms in total. The van der Waals surface area contributed by atoms with Crippen LogP contribution in [0.15, 0.2) is 18.3 Å². The van der Waals surface area contributed by atoms with Gasteiger partial charge in [0.2, 0.25) is 0 Å². The summed E-state index contributed by atoms with van der Waals surface area (Å²) < 4.78 is 48.2. The fourth-order valence-electron chi connectivity index (χ4n) is 1.44. The Morgan fingerprint density at radius 2 is 2.06 bits per heavy atom. The number of nitrogens with zero attached hydrogens (tertiary/aromatic N) is 2. The molecule has 0 amide bonds. The van der Waals surface area contributed by atoms with Crippen molar-refractivity contribution in [2.75, 3.05) is 24.0 Å². The lowest BCUT2D eigenvalue weighted by Crippen LogP contribution is -2.33. The van der Waals surface area contributed by atoms with Crippen LogP contribution >= 0.6 is 0 Å². The Labute approximate surface area is 106 Å². The van der Waals surface area contributed by atoms with E-state index in [-0.39, 0.29) is 6.04 Å². The van der Waals surface area contributed by atoms with Gasteiger partial charge in [0.05, 0.1) is 5.56 Å². The zero-order valence-corrected chi connectivity index (χ0v) is 11.2. The molecule has 0 saturated heterocycles. The molecule has 0 aliphatic carbocycles. The van der Waals surface area contributed by atoms with E-state index < -0.39 is 22.5 Å². The Kier molecular flexibility index (Phi) is 4.72. The van der Waals surface area contributed by atoms with Gasteiger partial charge in [-0.15, -0.1) is 0 Å². The van der Waals surface area contributed by atoms with Crippen molar-refractivity contribution in [3.8, 4) is 0 Å². The van der Waals surface area contributed by atoms with Crippen molar-refractivity contribution in [2.45, 2.75) is 19.1 Å². The van der Waals surface area contributed by atoms with Crippen LogP contribution in [0.5, 0.6) is 0 Å². The summed E-state index contributed by atoms with van der Waals surface area (Å²) in [6.07, 6.45) is -1.98. The molecule has 1 heterocycles. The summed E-state index contributed by atoms with van der Waals surface area (Å²) in [4.78, 5) is 5.49. The fraction of sp³-hybridized carbons (Fsp3) is 0.545. The fourth-order valence-corrected chi connectivity index (χ4v) is 2.34. The summed E-state index contributed by atoms with van der Waals surface area (Å²) in [5, 5.41) is 0. The first-order valence-electron chi connectivity index (χ1n) is 5.28. The van der Waals surface area contributed by atoms with Crippen LogP contribution in [0.2, 0.25) is 0 Å². The lowest BCUT2D eigenvalue weighted by Gasteiger charge is -2.25. The number of alkyl halides is 3. The average molecular weight is 280 g/mol. The topological polar surface area (TPSA) is 33.2 Å². The van der Waals surface area contributed by atoms with Crippen molar-refractivity contribution in [3.05, 3.63) is 23.9 Å². The lowest BCUT2D eigenvalue weighted by atomic mass is 10.2. The van der Waals surface area contributed by atoms with Crippen LogP contribution in [0, 0.1) is 0 Å². The highest BCUT2D eigenvalue weighted by Crippen LogP contribution is 2.29. The lowest BCUT2D eigenvalue weighted by molar-refractivity contribution is -0.137. The van der Waals surface area contributed by atoms with E-state index >= 15 is 0 Å². The highest BCUT2D eigenvalue weighted by molar-refractivity contribution is 7.84. The predicted octanol–water partition coefficient (Wildman–Crippen LogP) is 2.30. The van der Waals surface area contributed by atoms with Gasteiger partial charge in [-0.25, -0.2) is 4.98 Å². The van der Waals surface area contributed by atoms with Crippen LogP contribution in [0.4, 0.5) is 19.0 Å². The maximum atomic E-state index is 12.4. The molecule has 0 spiro atoms. The minimum atomic E-state index is -4.37. The molecule has 0 bridgehead atoms. The van der Waals surface area contributed by atoms with Gasteiger partial charge in [-0.3, -0.25) is 4.21 Å². The number of hydrogen-bond acceptors (Lipinski definition) is 3. The summed E-state index contributed by atoms with van der Waals surface area (Å²) in [7, 11) is 0.757. The molecule has 1 rings (SSSR count). The van der Waals surface area contributed by atoms with Gasteiger partial charge >= 0.3 is 6.18 Å². The Bertz CT molecular complexity index is 419. The summed E-state index contributed by atoms with van der Waals surface area (Å²) in [6.45, 7) is 1.85. The van der Waals surface area contributed by atoms with Crippen LogP contribution in [0.1, 0.15) is 12.5 Å². The van der Waals surface area contributed by atoms with Gasteiger partial charge in [-0.2, -0.15) is 13.2 Å². The SMILES string of the molecule is C[C@@H](C[S@@](C)=O)N(C)c1ccc(C(F)(F)F)cn1. The van der Waals surface area contributed by atoms with E-state index in [4.69, 9.17) is 0 Å². The molecule has 0 aromatic carbocycles. The number of hydrogen-bond donors (Lipinski definition) is 0. The molecular formula is C11H15F3N2OS. The third-order valence-corrected chi connectivity index (χ3v) is 3.53. The van der Waals surface area contributed by atoms with Gasteiger partial charge in [-0.1, -0.05) is 0 Å². The quantitative estimate of drug-likeness (QED) is 0.848. The van der Waals surface area contributed by atoms with Crippen LogP contribution < -0.4 is 4.90 Å². The van der Waals surface area contributed by atoms with Crippen molar-refractivity contribution in [1.82, 2.24) is 4.98 Å². The zero-order chi connectivity index (χ0) is 13.9. The number of anilines is 1. The maximum absolute atomic E-state index is 12.4. The van der Waals surface area contributed by atoms with Gasteiger partial charge in [0.1, 0.15) is 5.82 Å². The molecule has 2 atom stereocenters. The second kappa shape index (κ2) is 5.69. The van der Waals surface area contributed by atoms with Crippen LogP contribution in [-0.4, -0.2) is 34.3 Å². The minimum Gasteiger partial charge on any atom is -0.356 e. The maximum Gasteiger partial charge on any atom is 0.417 e. The van der Waals surface area contributed by atoms with E-state index in [0.717, 1.165) is 12.3 Å².